The van der Waals surface area contributed by atoms with Gasteiger partial charge in [0.2, 0.25) is 5.91 Å². The van der Waals surface area contributed by atoms with Crippen molar-refractivity contribution in [3.63, 3.8) is 0 Å². The van der Waals surface area contributed by atoms with E-state index in [-0.39, 0.29) is 12.5 Å². The van der Waals surface area contributed by atoms with Gasteiger partial charge in [0.1, 0.15) is 6.04 Å². The molecule has 0 unspecified atom stereocenters. The molecule has 98 valence electrons. The van der Waals surface area contributed by atoms with Gasteiger partial charge in [-0.2, -0.15) is 0 Å². The lowest BCUT2D eigenvalue weighted by molar-refractivity contribution is -0.144. The molecule has 2 N–H and O–H groups in total. The standard InChI is InChI=1S/C13H18N2O3/c1-14-9-12(16)15-11(13(17)18-2)8-10-6-4-3-5-7-10/h3-7,11,14H,8-9H2,1-2H3,(H,15,16)/t11-/m0/s1. The molecule has 1 rings (SSSR count). The number of esters is 1. The highest BCUT2D eigenvalue weighted by molar-refractivity contribution is 5.85. The molecule has 0 radical (unpaired) electrons. The van der Waals surface area contributed by atoms with Gasteiger partial charge in [-0.05, 0) is 12.6 Å². The lowest BCUT2D eigenvalue weighted by Gasteiger charge is -2.16. The summed E-state index contributed by atoms with van der Waals surface area (Å²) in [5.74, 6) is -0.674. The van der Waals surface area contributed by atoms with Crippen molar-refractivity contribution in [1.29, 1.82) is 0 Å². The molecule has 0 fully saturated rings. The van der Waals surface area contributed by atoms with Crippen LogP contribution in [0.1, 0.15) is 5.56 Å². The van der Waals surface area contributed by atoms with E-state index in [1.165, 1.54) is 7.11 Å². The van der Waals surface area contributed by atoms with Gasteiger partial charge in [0.15, 0.2) is 0 Å². The quantitative estimate of drug-likeness (QED) is 0.703. The predicted molar refractivity (Wildman–Crippen MR) is 68.0 cm³/mol. The second kappa shape index (κ2) is 7.45. The molecule has 5 heteroatoms. The maximum absolute atomic E-state index is 11.6. The largest absolute Gasteiger partial charge is 0.467 e. The Morgan fingerprint density at radius 2 is 1.94 bits per heavy atom. The van der Waals surface area contributed by atoms with Crippen molar-refractivity contribution in [2.24, 2.45) is 0 Å². The molecule has 1 aromatic rings. The third kappa shape index (κ3) is 4.55. The highest BCUT2D eigenvalue weighted by atomic mass is 16.5. The zero-order chi connectivity index (χ0) is 13.4. The number of benzene rings is 1. The number of hydrogen-bond acceptors (Lipinski definition) is 4. The molecule has 0 aliphatic carbocycles. The van der Waals surface area contributed by atoms with Crippen molar-refractivity contribution in [2.75, 3.05) is 20.7 Å². The maximum Gasteiger partial charge on any atom is 0.328 e. The second-order valence-corrected chi connectivity index (χ2v) is 3.86. The van der Waals surface area contributed by atoms with Crippen molar-refractivity contribution in [2.45, 2.75) is 12.5 Å². The van der Waals surface area contributed by atoms with Gasteiger partial charge in [-0.3, -0.25) is 4.79 Å². The zero-order valence-electron chi connectivity index (χ0n) is 10.6. The van der Waals surface area contributed by atoms with Gasteiger partial charge < -0.3 is 15.4 Å². The van der Waals surface area contributed by atoms with Crippen LogP contribution in [0, 0.1) is 0 Å². The fourth-order valence-corrected chi connectivity index (χ4v) is 1.59. The Hall–Kier alpha value is -1.88. The Labute approximate surface area is 107 Å². The Morgan fingerprint density at radius 1 is 1.28 bits per heavy atom. The van der Waals surface area contributed by atoms with Crippen molar-refractivity contribution < 1.29 is 14.3 Å². The van der Waals surface area contributed by atoms with Gasteiger partial charge in [0, 0.05) is 6.42 Å². The minimum Gasteiger partial charge on any atom is -0.467 e. The van der Waals surface area contributed by atoms with Crippen LogP contribution in [0.4, 0.5) is 0 Å². The molecule has 0 heterocycles. The Balaban J connectivity index is 2.67. The van der Waals surface area contributed by atoms with E-state index in [2.05, 4.69) is 15.4 Å². The average molecular weight is 250 g/mol. The normalized spacial score (nSPS) is 11.7. The van der Waals surface area contributed by atoms with E-state index < -0.39 is 12.0 Å². The van der Waals surface area contributed by atoms with Crippen LogP contribution in [-0.4, -0.2) is 38.6 Å². The van der Waals surface area contributed by atoms with Crippen molar-refractivity contribution >= 4 is 11.9 Å². The second-order valence-electron chi connectivity index (χ2n) is 3.86. The van der Waals surface area contributed by atoms with E-state index in [0.717, 1.165) is 5.56 Å². The van der Waals surface area contributed by atoms with E-state index in [9.17, 15) is 9.59 Å². The molecule has 0 spiro atoms. The molecule has 0 aliphatic rings. The number of methoxy groups -OCH3 is 1. The lowest BCUT2D eigenvalue weighted by atomic mass is 10.1. The van der Waals surface area contributed by atoms with E-state index in [0.29, 0.717) is 6.42 Å². The summed E-state index contributed by atoms with van der Waals surface area (Å²) in [6.45, 7) is 0.169. The number of ether oxygens (including phenoxy) is 1. The van der Waals surface area contributed by atoms with Crippen LogP contribution >= 0.6 is 0 Å². The summed E-state index contributed by atoms with van der Waals surface area (Å²) in [7, 11) is 2.98. The first kappa shape index (κ1) is 14.2. The average Bonchev–Trinajstić information content (AvgIpc) is 2.38. The van der Waals surface area contributed by atoms with Gasteiger partial charge in [0.05, 0.1) is 13.7 Å². The van der Waals surface area contributed by atoms with Crippen LogP contribution in [0.2, 0.25) is 0 Å². The van der Waals surface area contributed by atoms with Gasteiger partial charge >= 0.3 is 5.97 Å². The van der Waals surface area contributed by atoms with E-state index in [1.54, 1.807) is 7.05 Å². The van der Waals surface area contributed by atoms with Crippen molar-refractivity contribution in [3.8, 4) is 0 Å². The Kier molecular flexibility index (Phi) is 5.87. The van der Waals surface area contributed by atoms with Crippen molar-refractivity contribution in [1.82, 2.24) is 10.6 Å². The monoisotopic (exact) mass is 250 g/mol. The third-order valence-electron chi connectivity index (χ3n) is 2.44. The van der Waals surface area contributed by atoms with Crippen molar-refractivity contribution in [3.05, 3.63) is 35.9 Å². The molecule has 0 saturated carbocycles. The van der Waals surface area contributed by atoms with Crippen LogP contribution in [0.15, 0.2) is 30.3 Å². The molecule has 1 aromatic carbocycles. The first-order valence-corrected chi connectivity index (χ1v) is 5.73. The highest BCUT2D eigenvalue weighted by Gasteiger charge is 2.21. The number of carbonyl (C=O) groups excluding carboxylic acids is 2. The maximum atomic E-state index is 11.6. The summed E-state index contributed by atoms with van der Waals surface area (Å²) >= 11 is 0. The fourth-order valence-electron chi connectivity index (χ4n) is 1.59. The minimum atomic E-state index is -0.654. The molecule has 0 saturated heterocycles. The molecule has 0 bridgehead atoms. The molecular weight excluding hydrogens is 232 g/mol. The van der Waals surface area contributed by atoms with Gasteiger partial charge in [0.25, 0.3) is 0 Å². The molecule has 5 nitrogen and oxygen atoms in total. The summed E-state index contributed by atoms with van der Waals surface area (Å²) in [4.78, 5) is 23.1. The van der Waals surface area contributed by atoms with Crippen LogP contribution in [0.5, 0.6) is 0 Å². The summed E-state index contributed by atoms with van der Waals surface area (Å²) in [6, 6.07) is 8.83. The van der Waals surface area contributed by atoms with E-state index >= 15 is 0 Å². The molecule has 18 heavy (non-hydrogen) atoms. The number of likely N-dealkylation sites (N-methyl/N-ethyl adjacent to an activating group) is 1. The van der Waals surface area contributed by atoms with E-state index in [4.69, 9.17) is 0 Å². The Bertz CT molecular complexity index is 392. The molecule has 0 aliphatic heterocycles. The summed E-state index contributed by atoms with van der Waals surface area (Å²) < 4.78 is 4.69. The SMILES string of the molecule is CNCC(=O)N[C@@H](Cc1ccccc1)C(=O)OC. The predicted octanol–water partition coefficient (Wildman–Crippen LogP) is 0.106. The zero-order valence-corrected chi connectivity index (χ0v) is 10.6. The fraction of sp³-hybridized carbons (Fsp3) is 0.385. The van der Waals surface area contributed by atoms with Crippen LogP contribution < -0.4 is 10.6 Å². The summed E-state index contributed by atoms with van der Waals surface area (Å²) in [6.07, 6.45) is 0.420. The first-order chi connectivity index (χ1) is 8.67. The van der Waals surface area contributed by atoms with Crippen LogP contribution in [0.25, 0.3) is 0 Å². The minimum absolute atomic E-state index is 0.169. The number of rotatable bonds is 6. The number of nitrogens with one attached hydrogen (secondary N) is 2. The molecule has 1 amide bonds. The van der Waals surface area contributed by atoms with Crippen LogP contribution in [0.3, 0.4) is 0 Å². The van der Waals surface area contributed by atoms with Gasteiger partial charge in [-0.15, -0.1) is 0 Å². The van der Waals surface area contributed by atoms with Gasteiger partial charge in [-0.25, -0.2) is 4.79 Å². The number of carbonyl (C=O) groups is 2. The van der Waals surface area contributed by atoms with Gasteiger partial charge in [-0.1, -0.05) is 30.3 Å². The Morgan fingerprint density at radius 3 is 2.50 bits per heavy atom. The molecular formula is C13H18N2O3. The lowest BCUT2D eigenvalue weighted by Crippen LogP contribution is -2.45. The molecule has 1 atom stereocenters. The number of hydrogen-bond donors (Lipinski definition) is 2. The first-order valence-electron chi connectivity index (χ1n) is 5.73. The van der Waals surface area contributed by atoms with E-state index in [1.807, 2.05) is 30.3 Å². The third-order valence-corrected chi connectivity index (χ3v) is 2.44. The summed E-state index contributed by atoms with van der Waals surface area (Å²) in [5.41, 5.74) is 0.970. The smallest absolute Gasteiger partial charge is 0.328 e. The number of amides is 1. The topological polar surface area (TPSA) is 67.4 Å². The molecule has 0 aromatic heterocycles. The summed E-state index contributed by atoms with van der Waals surface area (Å²) in [5, 5.41) is 5.37. The highest BCUT2D eigenvalue weighted by Crippen LogP contribution is 2.04. The van der Waals surface area contributed by atoms with Crippen LogP contribution in [-0.2, 0) is 20.7 Å².